The van der Waals surface area contributed by atoms with Crippen molar-refractivity contribution >= 4 is 76.0 Å². The summed E-state index contributed by atoms with van der Waals surface area (Å²) >= 11 is 24.8. The number of imide groups is 2. The number of anilines is 1. The van der Waals surface area contributed by atoms with Crippen molar-refractivity contribution in [3.05, 3.63) is 79.3 Å². The van der Waals surface area contributed by atoms with Crippen LogP contribution in [0.3, 0.4) is 0 Å². The predicted octanol–water partition coefficient (Wildman–Crippen LogP) is 6.96. The Labute approximate surface area is 255 Å². The summed E-state index contributed by atoms with van der Waals surface area (Å²) in [6, 6.07) is 9.90. The lowest BCUT2D eigenvalue weighted by Crippen LogP contribution is -2.54. The van der Waals surface area contributed by atoms with Crippen LogP contribution in [0, 0.1) is 0 Å². The number of halogens is 4. The van der Waals surface area contributed by atoms with E-state index in [4.69, 9.17) is 65.4 Å². The highest BCUT2D eigenvalue weighted by Gasteiger charge is 2.38. The summed E-state index contributed by atoms with van der Waals surface area (Å²) in [5, 5.41) is 3.31. The molecule has 214 valence electrons. The number of hydrogen-bond donors (Lipinski definition) is 1. The first-order valence-electron chi connectivity index (χ1n) is 11.9. The van der Waals surface area contributed by atoms with Gasteiger partial charge >= 0.3 is 6.03 Å². The van der Waals surface area contributed by atoms with Crippen LogP contribution in [0.15, 0.2) is 48.0 Å². The molecule has 4 rings (SSSR count). The zero-order valence-electron chi connectivity index (χ0n) is 21.8. The van der Waals surface area contributed by atoms with Crippen LogP contribution >= 0.6 is 46.4 Å². The second kappa shape index (κ2) is 12.9. The maximum absolute atomic E-state index is 13.5. The number of amides is 4. The number of rotatable bonds is 9. The van der Waals surface area contributed by atoms with Gasteiger partial charge in [0.25, 0.3) is 11.8 Å². The summed E-state index contributed by atoms with van der Waals surface area (Å²) in [6.07, 6.45) is 1.29. The molecule has 0 radical (unpaired) electrons. The van der Waals surface area contributed by atoms with Gasteiger partial charge in [-0.05, 0) is 48.4 Å². The lowest BCUT2D eigenvalue weighted by atomic mass is 10.1. The monoisotopic (exact) mass is 638 g/mol. The Morgan fingerprint density at radius 3 is 2.20 bits per heavy atom. The predicted molar refractivity (Wildman–Crippen MR) is 157 cm³/mol. The van der Waals surface area contributed by atoms with Gasteiger partial charge in [0.1, 0.15) is 23.7 Å². The van der Waals surface area contributed by atoms with Crippen LogP contribution in [0.5, 0.6) is 23.0 Å². The van der Waals surface area contributed by atoms with Gasteiger partial charge in [-0.3, -0.25) is 14.9 Å². The van der Waals surface area contributed by atoms with Crippen molar-refractivity contribution in [2.75, 3.05) is 25.7 Å². The average Bonchev–Trinajstić information content (AvgIpc) is 2.93. The van der Waals surface area contributed by atoms with Crippen molar-refractivity contribution < 1.29 is 33.3 Å². The molecule has 1 fully saturated rings. The maximum Gasteiger partial charge on any atom is 0.336 e. The molecule has 1 N–H and O–H groups in total. The summed E-state index contributed by atoms with van der Waals surface area (Å²) < 4.78 is 22.2. The standard InChI is InChI=1S/C28H22Cl4N2O7/c1-4-40-24-10-15(9-20(32)25(24)41-13-14-5-6-17(29)18(30)8-14)7-16-26(35)33-28(37)34(27(16)36)21-12-22(38-2)19(31)11-23(21)39-3/h5-12H,4,13H2,1-3H3,(H,33,35,37)/b16-7+. The number of ether oxygens (including phenoxy) is 4. The van der Waals surface area contributed by atoms with Crippen molar-refractivity contribution in [1.82, 2.24) is 5.32 Å². The molecule has 1 aliphatic rings. The van der Waals surface area contributed by atoms with Gasteiger partial charge in [0.15, 0.2) is 11.5 Å². The van der Waals surface area contributed by atoms with E-state index in [2.05, 4.69) is 5.32 Å². The minimum absolute atomic E-state index is 0.0220. The van der Waals surface area contributed by atoms with Crippen LogP contribution in [0.1, 0.15) is 18.1 Å². The minimum Gasteiger partial charge on any atom is -0.495 e. The fourth-order valence-corrected chi connectivity index (χ4v) is 4.75. The third-order valence-corrected chi connectivity index (χ3v) is 7.12. The van der Waals surface area contributed by atoms with Gasteiger partial charge in [0, 0.05) is 12.1 Å². The number of nitrogens with one attached hydrogen (secondary N) is 1. The van der Waals surface area contributed by atoms with E-state index in [1.165, 1.54) is 38.5 Å². The molecule has 3 aromatic rings. The molecule has 4 amide bonds. The second-order valence-corrected chi connectivity index (χ2v) is 10.0. The molecular formula is C28H22Cl4N2O7. The molecule has 0 atom stereocenters. The highest BCUT2D eigenvalue weighted by Crippen LogP contribution is 2.41. The van der Waals surface area contributed by atoms with Gasteiger partial charge < -0.3 is 18.9 Å². The van der Waals surface area contributed by atoms with Gasteiger partial charge in [0.05, 0.1) is 46.6 Å². The Morgan fingerprint density at radius 2 is 1.54 bits per heavy atom. The molecule has 1 heterocycles. The van der Waals surface area contributed by atoms with Crippen molar-refractivity contribution in [3.63, 3.8) is 0 Å². The Bertz CT molecular complexity index is 1580. The van der Waals surface area contributed by atoms with Crippen molar-refractivity contribution in [3.8, 4) is 23.0 Å². The van der Waals surface area contributed by atoms with Crippen LogP contribution in [-0.4, -0.2) is 38.7 Å². The Balaban J connectivity index is 1.70. The van der Waals surface area contributed by atoms with E-state index in [1.54, 1.807) is 31.2 Å². The van der Waals surface area contributed by atoms with Crippen molar-refractivity contribution in [1.29, 1.82) is 0 Å². The number of barbiturate groups is 1. The van der Waals surface area contributed by atoms with Crippen LogP contribution in [-0.2, 0) is 16.2 Å². The van der Waals surface area contributed by atoms with Gasteiger partial charge in [-0.2, -0.15) is 0 Å². The number of benzene rings is 3. The van der Waals surface area contributed by atoms with E-state index in [0.717, 1.165) is 10.5 Å². The highest BCUT2D eigenvalue weighted by atomic mass is 35.5. The topological polar surface area (TPSA) is 103 Å². The first-order chi connectivity index (χ1) is 19.6. The van der Waals surface area contributed by atoms with Gasteiger partial charge in [-0.25, -0.2) is 9.69 Å². The number of urea groups is 1. The fourth-order valence-electron chi connectivity index (χ4n) is 3.92. The van der Waals surface area contributed by atoms with Crippen LogP contribution < -0.4 is 29.2 Å². The maximum atomic E-state index is 13.5. The van der Waals surface area contributed by atoms with E-state index in [-0.39, 0.29) is 57.5 Å². The van der Waals surface area contributed by atoms with Gasteiger partial charge in [-0.15, -0.1) is 0 Å². The molecule has 0 aromatic heterocycles. The second-order valence-electron chi connectivity index (χ2n) is 8.42. The molecule has 3 aromatic carbocycles. The smallest absolute Gasteiger partial charge is 0.336 e. The normalized spacial score (nSPS) is 14.3. The molecule has 0 saturated carbocycles. The summed E-state index contributed by atoms with van der Waals surface area (Å²) in [5.74, 6) is -0.988. The fraction of sp³-hybridized carbons (Fsp3) is 0.179. The first-order valence-corrected chi connectivity index (χ1v) is 13.4. The summed E-state index contributed by atoms with van der Waals surface area (Å²) in [4.78, 5) is 39.8. The van der Waals surface area contributed by atoms with E-state index >= 15 is 0 Å². The van der Waals surface area contributed by atoms with Crippen molar-refractivity contribution in [2.45, 2.75) is 13.5 Å². The molecule has 0 aliphatic carbocycles. The zero-order valence-corrected chi connectivity index (χ0v) is 24.9. The summed E-state index contributed by atoms with van der Waals surface area (Å²) in [5.41, 5.74) is 0.763. The molecule has 9 nitrogen and oxygen atoms in total. The molecule has 0 unspecified atom stereocenters. The van der Waals surface area contributed by atoms with E-state index < -0.39 is 17.8 Å². The third-order valence-electron chi connectivity index (χ3n) is 5.81. The highest BCUT2D eigenvalue weighted by molar-refractivity contribution is 6.42. The number of hydrogen-bond acceptors (Lipinski definition) is 7. The lowest BCUT2D eigenvalue weighted by molar-refractivity contribution is -0.122. The van der Waals surface area contributed by atoms with Crippen LogP contribution in [0.4, 0.5) is 10.5 Å². The number of carbonyl (C=O) groups is 3. The Hall–Kier alpha value is -3.63. The van der Waals surface area contributed by atoms with Crippen molar-refractivity contribution in [2.24, 2.45) is 0 Å². The molecular weight excluding hydrogens is 618 g/mol. The molecule has 0 spiro atoms. The largest absolute Gasteiger partial charge is 0.495 e. The summed E-state index contributed by atoms with van der Waals surface area (Å²) in [6.45, 7) is 2.16. The summed E-state index contributed by atoms with van der Waals surface area (Å²) in [7, 11) is 2.72. The third kappa shape index (κ3) is 6.49. The van der Waals surface area contributed by atoms with Gasteiger partial charge in [0.2, 0.25) is 0 Å². The number of nitrogens with zero attached hydrogens (tertiary/aromatic N) is 1. The van der Waals surface area contributed by atoms with E-state index in [9.17, 15) is 14.4 Å². The molecule has 13 heteroatoms. The number of methoxy groups -OCH3 is 2. The van der Waals surface area contributed by atoms with E-state index in [1.807, 2.05) is 0 Å². The van der Waals surface area contributed by atoms with Crippen LogP contribution in [0.25, 0.3) is 6.08 Å². The SMILES string of the molecule is CCOc1cc(/C=C2\C(=O)NC(=O)N(c3cc(OC)c(Cl)cc3OC)C2=O)cc(Cl)c1OCc1ccc(Cl)c(Cl)c1. The lowest BCUT2D eigenvalue weighted by Gasteiger charge is -2.28. The molecule has 0 bridgehead atoms. The number of carbonyl (C=O) groups excluding carboxylic acids is 3. The average molecular weight is 640 g/mol. The van der Waals surface area contributed by atoms with Crippen LogP contribution in [0.2, 0.25) is 20.1 Å². The van der Waals surface area contributed by atoms with Gasteiger partial charge in [-0.1, -0.05) is 52.5 Å². The molecule has 1 aliphatic heterocycles. The Morgan fingerprint density at radius 1 is 0.805 bits per heavy atom. The Kier molecular flexibility index (Phi) is 9.55. The minimum atomic E-state index is -0.973. The molecule has 41 heavy (non-hydrogen) atoms. The molecule has 1 saturated heterocycles. The van der Waals surface area contributed by atoms with E-state index in [0.29, 0.717) is 15.6 Å². The first kappa shape index (κ1) is 30.3. The quantitative estimate of drug-likeness (QED) is 0.199. The zero-order chi connectivity index (χ0) is 29.8.